The highest BCUT2D eigenvalue weighted by Gasteiger charge is 2.44. The number of carboxylic acid groups (broad SMARTS) is 1. The number of carbonyl (C=O) groups is 2. The van der Waals surface area contributed by atoms with Gasteiger partial charge in [0.15, 0.2) is 0 Å². The third-order valence-electron chi connectivity index (χ3n) is 5.81. The highest BCUT2D eigenvalue weighted by Crippen LogP contribution is 2.49. The topological polar surface area (TPSA) is 79.3 Å². The van der Waals surface area contributed by atoms with E-state index in [0.717, 1.165) is 24.4 Å². The molecule has 1 saturated carbocycles. The minimum Gasteiger partial charge on any atom is -0.478 e. The second kappa shape index (κ2) is 8.75. The summed E-state index contributed by atoms with van der Waals surface area (Å²) in [5, 5.41) is 12.2. The Labute approximate surface area is 196 Å². The van der Waals surface area contributed by atoms with E-state index in [2.05, 4.69) is 10.3 Å². The van der Waals surface area contributed by atoms with Crippen LogP contribution in [0.3, 0.4) is 0 Å². The van der Waals surface area contributed by atoms with E-state index in [-0.39, 0.29) is 22.7 Å². The molecule has 1 fully saturated rings. The molecule has 1 amide bonds. The highest BCUT2D eigenvalue weighted by molar-refractivity contribution is 6.00. The summed E-state index contributed by atoms with van der Waals surface area (Å²) in [5.74, 6) is -5.78. The Hall–Kier alpha value is -3.82. The van der Waals surface area contributed by atoms with Crippen molar-refractivity contribution in [1.29, 1.82) is 0 Å². The van der Waals surface area contributed by atoms with E-state index >= 15 is 0 Å². The number of nitrogens with zero attached hydrogens (tertiary/aromatic N) is 1. The first-order valence-corrected chi connectivity index (χ1v) is 10.5. The van der Waals surface area contributed by atoms with Crippen LogP contribution >= 0.6 is 0 Å². The number of benzene rings is 2. The molecule has 4 rings (SSSR count). The number of nitrogens with one attached hydrogen (secondary N) is 1. The first kappa shape index (κ1) is 24.3. The third kappa shape index (κ3) is 5.31. The Balaban J connectivity index is 1.50. The molecule has 2 unspecified atom stereocenters. The maximum absolute atomic E-state index is 13.4. The zero-order valence-electron chi connectivity index (χ0n) is 18.2. The number of carboxylic acids is 1. The average Bonchev–Trinajstić information content (AvgIpc) is 3.59. The predicted molar refractivity (Wildman–Crippen MR) is 117 cm³/mol. The fourth-order valence-electron chi connectivity index (χ4n) is 3.90. The number of aromatic carboxylic acids is 1. The molecule has 0 radical (unpaired) electrons. The molecule has 2 atom stereocenters. The highest BCUT2D eigenvalue weighted by atomic mass is 19.4. The first-order chi connectivity index (χ1) is 16.3. The van der Waals surface area contributed by atoms with Crippen LogP contribution in [0.1, 0.15) is 46.4 Å². The number of hydrogen-bond acceptors (Lipinski definition) is 3. The lowest BCUT2D eigenvalue weighted by molar-refractivity contribution is -0.137. The second-order valence-electron chi connectivity index (χ2n) is 8.45. The van der Waals surface area contributed by atoms with Gasteiger partial charge in [0, 0.05) is 30.3 Å². The SMILES string of the molecule is CC(F)(F)c1ccc(-c2ccc(NC(=O)C3CC3c3cccc(C(F)(F)F)c3)cc2C(=O)O)cn1. The fraction of sp³-hybridized carbons (Fsp3) is 0.240. The van der Waals surface area contributed by atoms with Crippen LogP contribution < -0.4 is 5.32 Å². The average molecular weight is 490 g/mol. The normalized spacial score (nSPS) is 17.7. The molecule has 3 aromatic rings. The molecule has 5 nitrogen and oxygen atoms in total. The standard InChI is InChI=1S/C25H19F5N2O3/c1-24(26,27)21-8-5-14(12-31-21)17-7-6-16(10-20(17)23(34)35)32-22(33)19-11-18(19)13-3-2-4-15(9-13)25(28,29)30/h2-10,12,18-19H,11H2,1H3,(H,32,33)(H,34,35). The number of carbonyl (C=O) groups excluding carboxylic acids is 1. The van der Waals surface area contributed by atoms with E-state index in [0.29, 0.717) is 24.5 Å². The summed E-state index contributed by atoms with van der Waals surface area (Å²) in [6, 6.07) is 11.4. The van der Waals surface area contributed by atoms with Gasteiger partial charge in [0.1, 0.15) is 5.69 Å². The van der Waals surface area contributed by atoms with Gasteiger partial charge in [0.05, 0.1) is 11.1 Å². The molecule has 1 aliphatic carbocycles. The molecule has 0 bridgehead atoms. The van der Waals surface area contributed by atoms with E-state index in [1.165, 1.54) is 36.4 Å². The minimum atomic E-state index is -4.48. The number of hydrogen-bond donors (Lipinski definition) is 2. The molecular formula is C25H19F5N2O3. The molecule has 1 heterocycles. The Morgan fingerprint density at radius 3 is 2.37 bits per heavy atom. The maximum Gasteiger partial charge on any atom is 0.416 e. The van der Waals surface area contributed by atoms with Crippen molar-refractivity contribution in [3.05, 3.63) is 83.2 Å². The van der Waals surface area contributed by atoms with Crippen LogP contribution in [0.25, 0.3) is 11.1 Å². The van der Waals surface area contributed by atoms with E-state index in [1.54, 1.807) is 0 Å². The van der Waals surface area contributed by atoms with Gasteiger partial charge in [0.25, 0.3) is 5.92 Å². The number of amides is 1. The Morgan fingerprint density at radius 1 is 1.03 bits per heavy atom. The summed E-state index contributed by atoms with van der Waals surface area (Å²) in [4.78, 5) is 28.2. The van der Waals surface area contributed by atoms with Crippen LogP contribution in [0.4, 0.5) is 27.6 Å². The van der Waals surface area contributed by atoms with Crippen molar-refractivity contribution in [2.75, 3.05) is 5.32 Å². The van der Waals surface area contributed by atoms with Gasteiger partial charge in [0.2, 0.25) is 5.91 Å². The van der Waals surface area contributed by atoms with E-state index in [1.807, 2.05) is 0 Å². The van der Waals surface area contributed by atoms with Crippen molar-refractivity contribution in [3.63, 3.8) is 0 Å². The number of rotatable bonds is 6. The molecule has 10 heteroatoms. The maximum atomic E-state index is 13.4. The van der Waals surface area contributed by atoms with E-state index in [9.17, 15) is 36.6 Å². The van der Waals surface area contributed by atoms with E-state index < -0.39 is 41.2 Å². The number of aromatic nitrogens is 1. The van der Waals surface area contributed by atoms with Crippen molar-refractivity contribution < 1.29 is 36.6 Å². The van der Waals surface area contributed by atoms with Gasteiger partial charge >= 0.3 is 12.1 Å². The fourth-order valence-corrected chi connectivity index (χ4v) is 3.90. The molecule has 35 heavy (non-hydrogen) atoms. The third-order valence-corrected chi connectivity index (χ3v) is 5.81. The summed E-state index contributed by atoms with van der Waals surface area (Å²) >= 11 is 0. The Kier molecular flexibility index (Phi) is 6.08. The van der Waals surface area contributed by atoms with Gasteiger partial charge in [-0.25, -0.2) is 4.79 Å². The van der Waals surface area contributed by atoms with E-state index in [4.69, 9.17) is 0 Å². The van der Waals surface area contributed by atoms with Crippen LogP contribution in [0.5, 0.6) is 0 Å². The van der Waals surface area contributed by atoms with Crippen molar-refractivity contribution in [2.24, 2.45) is 5.92 Å². The zero-order chi connectivity index (χ0) is 25.5. The molecule has 1 aliphatic rings. The molecule has 2 aromatic carbocycles. The molecular weight excluding hydrogens is 471 g/mol. The summed E-state index contributed by atoms with van der Waals surface area (Å²) in [5.41, 5.74) is -0.284. The van der Waals surface area contributed by atoms with Crippen molar-refractivity contribution in [1.82, 2.24) is 4.98 Å². The van der Waals surface area contributed by atoms with Crippen LogP contribution in [0, 0.1) is 5.92 Å². The largest absolute Gasteiger partial charge is 0.478 e. The van der Waals surface area contributed by atoms with Crippen LogP contribution in [0.2, 0.25) is 0 Å². The van der Waals surface area contributed by atoms with Gasteiger partial charge in [-0.1, -0.05) is 30.3 Å². The van der Waals surface area contributed by atoms with Crippen LogP contribution in [-0.4, -0.2) is 22.0 Å². The van der Waals surface area contributed by atoms with Crippen molar-refractivity contribution in [2.45, 2.75) is 31.4 Å². The van der Waals surface area contributed by atoms with Crippen molar-refractivity contribution in [3.8, 4) is 11.1 Å². The summed E-state index contributed by atoms with van der Waals surface area (Å²) < 4.78 is 65.7. The molecule has 182 valence electrons. The predicted octanol–water partition coefficient (Wildman–Crippen LogP) is 6.32. The molecule has 0 spiro atoms. The first-order valence-electron chi connectivity index (χ1n) is 10.5. The zero-order valence-corrected chi connectivity index (χ0v) is 18.2. The number of alkyl halides is 5. The number of pyridine rings is 1. The lowest BCUT2D eigenvalue weighted by atomic mass is 9.99. The van der Waals surface area contributed by atoms with Gasteiger partial charge in [-0.15, -0.1) is 0 Å². The summed E-state index contributed by atoms with van der Waals surface area (Å²) in [7, 11) is 0. The van der Waals surface area contributed by atoms with Crippen LogP contribution in [-0.2, 0) is 16.9 Å². The van der Waals surface area contributed by atoms with Gasteiger partial charge in [-0.3, -0.25) is 9.78 Å². The monoisotopic (exact) mass is 490 g/mol. The Bertz CT molecular complexity index is 1280. The molecule has 0 aliphatic heterocycles. The van der Waals surface area contributed by atoms with Crippen molar-refractivity contribution >= 4 is 17.6 Å². The second-order valence-corrected chi connectivity index (χ2v) is 8.45. The Morgan fingerprint density at radius 2 is 1.77 bits per heavy atom. The van der Waals surface area contributed by atoms with Crippen LogP contribution in [0.15, 0.2) is 60.8 Å². The molecule has 2 N–H and O–H groups in total. The smallest absolute Gasteiger partial charge is 0.416 e. The minimum absolute atomic E-state index is 0.175. The number of halogens is 5. The van der Waals surface area contributed by atoms with Gasteiger partial charge in [-0.2, -0.15) is 22.0 Å². The number of anilines is 1. The lowest BCUT2D eigenvalue weighted by Gasteiger charge is -2.13. The summed E-state index contributed by atoms with van der Waals surface area (Å²) in [6.07, 6.45) is -2.96. The summed E-state index contributed by atoms with van der Waals surface area (Å²) in [6.45, 7) is 0.701. The van der Waals surface area contributed by atoms with Gasteiger partial charge in [-0.05, 0) is 47.7 Å². The molecule has 1 aromatic heterocycles. The lowest BCUT2D eigenvalue weighted by Crippen LogP contribution is -2.15. The van der Waals surface area contributed by atoms with Gasteiger partial charge < -0.3 is 10.4 Å². The quantitative estimate of drug-likeness (QED) is 0.397. The molecule has 0 saturated heterocycles.